The molecule has 0 spiro atoms. The molecule has 1 N–H and O–H groups in total. The van der Waals surface area contributed by atoms with Crippen LogP contribution in [0.15, 0.2) is 18.6 Å². The minimum absolute atomic E-state index is 0.0865. The van der Waals surface area contributed by atoms with E-state index in [9.17, 15) is 4.79 Å². The number of anilines is 1. The van der Waals surface area contributed by atoms with Gasteiger partial charge in [0, 0.05) is 51.7 Å². The topological polar surface area (TPSA) is 70.6 Å². The van der Waals surface area contributed by atoms with Gasteiger partial charge in [-0.15, -0.1) is 0 Å². The highest BCUT2D eigenvalue weighted by Crippen LogP contribution is 2.12. The van der Waals surface area contributed by atoms with Gasteiger partial charge in [0.2, 0.25) is 5.91 Å². The molecular formula is C15H23N5O2. The second-order valence-electron chi connectivity index (χ2n) is 5.77. The number of piperazine rings is 1. The van der Waals surface area contributed by atoms with E-state index in [1.54, 1.807) is 18.6 Å². The van der Waals surface area contributed by atoms with E-state index in [1.165, 1.54) is 0 Å². The Bertz CT molecular complexity index is 470. The molecule has 2 fully saturated rings. The van der Waals surface area contributed by atoms with E-state index in [-0.39, 0.29) is 12.0 Å². The van der Waals surface area contributed by atoms with Crippen molar-refractivity contribution in [2.24, 2.45) is 0 Å². The Morgan fingerprint density at radius 2 is 2.18 bits per heavy atom. The van der Waals surface area contributed by atoms with Crippen LogP contribution in [0.3, 0.4) is 0 Å². The average molecular weight is 305 g/mol. The standard InChI is InChI=1S/C15H23N5O2/c21-15(18-10-13-2-1-9-22-13)12-19-5-7-20(8-6-19)14-11-16-3-4-17-14/h3-4,11,13H,1-2,5-10,12H2,(H,18,21)/t13-/m0/s1. The molecule has 2 aliphatic rings. The summed E-state index contributed by atoms with van der Waals surface area (Å²) in [6.45, 7) is 5.40. The maximum absolute atomic E-state index is 12.0. The summed E-state index contributed by atoms with van der Waals surface area (Å²) in [4.78, 5) is 24.8. The van der Waals surface area contributed by atoms with Gasteiger partial charge in [0.15, 0.2) is 0 Å². The summed E-state index contributed by atoms with van der Waals surface area (Å²) in [7, 11) is 0. The smallest absolute Gasteiger partial charge is 0.234 e. The van der Waals surface area contributed by atoms with Crippen LogP contribution >= 0.6 is 0 Å². The molecule has 2 aliphatic heterocycles. The minimum atomic E-state index is 0.0865. The van der Waals surface area contributed by atoms with Crippen LogP contribution in [0.1, 0.15) is 12.8 Å². The molecule has 22 heavy (non-hydrogen) atoms. The van der Waals surface area contributed by atoms with Crippen molar-refractivity contribution in [1.82, 2.24) is 20.2 Å². The lowest BCUT2D eigenvalue weighted by Gasteiger charge is -2.34. The highest BCUT2D eigenvalue weighted by molar-refractivity contribution is 5.78. The van der Waals surface area contributed by atoms with Crippen molar-refractivity contribution in [3.05, 3.63) is 18.6 Å². The number of carbonyl (C=O) groups excluding carboxylic acids is 1. The molecule has 3 rings (SSSR count). The Morgan fingerprint density at radius 3 is 2.86 bits per heavy atom. The Morgan fingerprint density at radius 1 is 1.32 bits per heavy atom. The summed E-state index contributed by atoms with van der Waals surface area (Å²) in [6.07, 6.45) is 7.53. The molecule has 120 valence electrons. The highest BCUT2D eigenvalue weighted by Gasteiger charge is 2.21. The van der Waals surface area contributed by atoms with Crippen LogP contribution in [0.2, 0.25) is 0 Å². The van der Waals surface area contributed by atoms with E-state index < -0.39 is 0 Å². The van der Waals surface area contributed by atoms with Crippen molar-refractivity contribution in [2.75, 3.05) is 50.8 Å². The van der Waals surface area contributed by atoms with Crippen LogP contribution < -0.4 is 10.2 Å². The third-order valence-electron chi connectivity index (χ3n) is 4.16. The number of amides is 1. The third-order valence-corrected chi connectivity index (χ3v) is 4.16. The van der Waals surface area contributed by atoms with Crippen molar-refractivity contribution in [3.8, 4) is 0 Å². The first-order valence-corrected chi connectivity index (χ1v) is 7.93. The lowest BCUT2D eigenvalue weighted by atomic mass is 10.2. The fourth-order valence-electron chi connectivity index (χ4n) is 2.88. The van der Waals surface area contributed by atoms with Crippen molar-refractivity contribution in [3.63, 3.8) is 0 Å². The molecule has 1 aromatic heterocycles. The van der Waals surface area contributed by atoms with E-state index in [1.807, 2.05) is 0 Å². The normalized spacial score (nSPS) is 22.7. The maximum atomic E-state index is 12.0. The fraction of sp³-hybridized carbons (Fsp3) is 0.667. The van der Waals surface area contributed by atoms with Crippen LogP contribution in [0.5, 0.6) is 0 Å². The van der Waals surface area contributed by atoms with E-state index >= 15 is 0 Å². The van der Waals surface area contributed by atoms with Crippen LogP contribution in [-0.4, -0.2) is 72.8 Å². The Hall–Kier alpha value is -1.73. The summed E-state index contributed by atoms with van der Waals surface area (Å²) in [6, 6.07) is 0. The molecule has 7 heteroatoms. The molecule has 1 atom stereocenters. The molecular weight excluding hydrogens is 282 g/mol. The number of hydrogen-bond acceptors (Lipinski definition) is 6. The van der Waals surface area contributed by atoms with Gasteiger partial charge in [0.25, 0.3) is 0 Å². The minimum Gasteiger partial charge on any atom is -0.376 e. The zero-order valence-corrected chi connectivity index (χ0v) is 12.8. The van der Waals surface area contributed by atoms with Crippen LogP contribution in [0.4, 0.5) is 5.82 Å². The van der Waals surface area contributed by atoms with Crippen molar-refractivity contribution >= 4 is 11.7 Å². The summed E-state index contributed by atoms with van der Waals surface area (Å²) < 4.78 is 5.51. The predicted molar refractivity (Wildman–Crippen MR) is 82.7 cm³/mol. The molecule has 7 nitrogen and oxygen atoms in total. The zero-order chi connectivity index (χ0) is 15.2. The van der Waals surface area contributed by atoms with Crippen LogP contribution in [-0.2, 0) is 9.53 Å². The van der Waals surface area contributed by atoms with Crippen LogP contribution in [0.25, 0.3) is 0 Å². The Labute approximate surface area is 130 Å². The van der Waals surface area contributed by atoms with Gasteiger partial charge in [-0.1, -0.05) is 0 Å². The lowest BCUT2D eigenvalue weighted by molar-refractivity contribution is -0.122. The van der Waals surface area contributed by atoms with Crippen molar-refractivity contribution in [1.29, 1.82) is 0 Å². The Balaban J connectivity index is 1.37. The first-order chi connectivity index (χ1) is 10.8. The first kappa shape index (κ1) is 15.2. The molecule has 0 aliphatic carbocycles. The number of ether oxygens (including phenoxy) is 1. The van der Waals surface area contributed by atoms with E-state index in [4.69, 9.17) is 4.74 Å². The van der Waals surface area contributed by atoms with Gasteiger partial charge < -0.3 is 15.0 Å². The van der Waals surface area contributed by atoms with Gasteiger partial charge >= 0.3 is 0 Å². The first-order valence-electron chi connectivity index (χ1n) is 7.93. The quantitative estimate of drug-likeness (QED) is 0.819. The van der Waals surface area contributed by atoms with E-state index in [0.717, 1.165) is 51.4 Å². The van der Waals surface area contributed by atoms with Crippen LogP contribution in [0, 0.1) is 0 Å². The van der Waals surface area contributed by atoms with E-state index in [0.29, 0.717) is 13.1 Å². The number of nitrogens with one attached hydrogen (secondary N) is 1. The molecule has 3 heterocycles. The largest absolute Gasteiger partial charge is 0.376 e. The van der Waals surface area contributed by atoms with Gasteiger partial charge in [-0.05, 0) is 12.8 Å². The molecule has 2 saturated heterocycles. The molecule has 0 aromatic carbocycles. The maximum Gasteiger partial charge on any atom is 0.234 e. The zero-order valence-electron chi connectivity index (χ0n) is 12.8. The second-order valence-corrected chi connectivity index (χ2v) is 5.77. The third kappa shape index (κ3) is 4.14. The summed E-state index contributed by atoms with van der Waals surface area (Å²) in [5.74, 6) is 0.994. The summed E-state index contributed by atoms with van der Waals surface area (Å²) in [5.41, 5.74) is 0. The average Bonchev–Trinajstić information content (AvgIpc) is 3.08. The molecule has 1 amide bonds. The predicted octanol–water partition coefficient (Wildman–Crippen LogP) is -0.106. The van der Waals surface area contributed by atoms with Crippen molar-refractivity contribution in [2.45, 2.75) is 18.9 Å². The van der Waals surface area contributed by atoms with Gasteiger partial charge in [0.1, 0.15) is 5.82 Å². The molecule has 0 saturated carbocycles. The lowest BCUT2D eigenvalue weighted by Crippen LogP contribution is -2.50. The van der Waals surface area contributed by atoms with Gasteiger partial charge in [-0.3, -0.25) is 14.7 Å². The number of carbonyl (C=O) groups is 1. The Kier molecular flexibility index (Phi) is 5.18. The number of aromatic nitrogens is 2. The van der Waals surface area contributed by atoms with Gasteiger partial charge in [0.05, 0.1) is 18.8 Å². The second kappa shape index (κ2) is 7.51. The van der Waals surface area contributed by atoms with Gasteiger partial charge in [-0.25, -0.2) is 4.98 Å². The van der Waals surface area contributed by atoms with E-state index in [2.05, 4.69) is 25.1 Å². The summed E-state index contributed by atoms with van der Waals surface area (Å²) in [5, 5.41) is 2.97. The number of hydrogen-bond donors (Lipinski definition) is 1. The number of rotatable bonds is 5. The molecule has 1 aromatic rings. The SMILES string of the molecule is O=C(CN1CCN(c2cnccn2)CC1)NC[C@@H]1CCCO1. The van der Waals surface area contributed by atoms with Crippen molar-refractivity contribution < 1.29 is 9.53 Å². The monoisotopic (exact) mass is 305 g/mol. The molecule has 0 bridgehead atoms. The summed E-state index contributed by atoms with van der Waals surface area (Å²) >= 11 is 0. The fourth-order valence-corrected chi connectivity index (χ4v) is 2.88. The highest BCUT2D eigenvalue weighted by atomic mass is 16.5. The molecule has 0 unspecified atom stereocenters. The number of nitrogens with zero attached hydrogens (tertiary/aromatic N) is 4. The molecule has 0 radical (unpaired) electrons. The van der Waals surface area contributed by atoms with Gasteiger partial charge in [-0.2, -0.15) is 0 Å².